The van der Waals surface area contributed by atoms with Crippen molar-refractivity contribution in [3.63, 3.8) is 0 Å². The van der Waals surface area contributed by atoms with Crippen molar-refractivity contribution in [3.05, 3.63) is 83.6 Å². The van der Waals surface area contributed by atoms with Gasteiger partial charge in [0.1, 0.15) is 12.4 Å². The van der Waals surface area contributed by atoms with Gasteiger partial charge >= 0.3 is 6.09 Å². The highest BCUT2D eigenvalue weighted by molar-refractivity contribution is 5.93. The maximum atomic E-state index is 12.9. The van der Waals surface area contributed by atoms with Gasteiger partial charge in [0, 0.05) is 51.3 Å². The number of piperazine rings is 1. The molecule has 2 fully saturated rings. The molecular weight excluding hydrogens is 496 g/mol. The van der Waals surface area contributed by atoms with Crippen LogP contribution < -0.4 is 10.4 Å². The monoisotopic (exact) mass is 528 g/mol. The lowest BCUT2D eigenvalue weighted by Gasteiger charge is -2.35. The number of rotatable bonds is 6. The molecule has 2 amide bonds. The van der Waals surface area contributed by atoms with Crippen LogP contribution in [0.4, 0.5) is 10.6 Å². The zero-order valence-corrected chi connectivity index (χ0v) is 21.8. The quantitative estimate of drug-likeness (QED) is 0.476. The lowest BCUT2D eigenvalue weighted by Crippen LogP contribution is -2.49. The minimum absolute atomic E-state index is 0.0446. The van der Waals surface area contributed by atoms with E-state index in [1.165, 1.54) is 28.5 Å². The van der Waals surface area contributed by atoms with Gasteiger partial charge in [-0.1, -0.05) is 48.5 Å². The van der Waals surface area contributed by atoms with E-state index in [2.05, 4.69) is 39.6 Å². The molecule has 6 rings (SSSR count). The molecular formula is C30H32N4O5. The predicted molar refractivity (Wildman–Crippen MR) is 145 cm³/mol. The Bertz CT molecular complexity index is 1270. The van der Waals surface area contributed by atoms with Crippen LogP contribution in [-0.4, -0.2) is 67.6 Å². The van der Waals surface area contributed by atoms with Crippen molar-refractivity contribution in [3.8, 4) is 11.1 Å². The van der Waals surface area contributed by atoms with Gasteiger partial charge in [-0.05, 0) is 47.2 Å². The summed E-state index contributed by atoms with van der Waals surface area (Å²) < 4.78 is 11.3. The van der Waals surface area contributed by atoms with Crippen molar-refractivity contribution in [1.29, 1.82) is 0 Å². The zero-order chi connectivity index (χ0) is 26.6. The first kappa shape index (κ1) is 25.3. The van der Waals surface area contributed by atoms with E-state index >= 15 is 0 Å². The number of fused-ring (bicyclic) bond motifs is 3. The second kappa shape index (κ2) is 11.4. The van der Waals surface area contributed by atoms with E-state index in [0.29, 0.717) is 45.0 Å². The van der Waals surface area contributed by atoms with E-state index in [1.54, 1.807) is 11.0 Å². The Hall–Kier alpha value is -3.95. The van der Waals surface area contributed by atoms with E-state index in [-0.39, 0.29) is 17.9 Å². The van der Waals surface area contributed by atoms with Gasteiger partial charge in [0.05, 0.1) is 5.56 Å². The first-order chi connectivity index (χ1) is 19.2. The summed E-state index contributed by atoms with van der Waals surface area (Å²) in [5.74, 6) is 0.446. The molecule has 1 aliphatic carbocycles. The van der Waals surface area contributed by atoms with Gasteiger partial charge in [0.15, 0.2) is 6.29 Å². The maximum absolute atomic E-state index is 12.9. The minimum atomic E-state index is -0.400. The lowest BCUT2D eigenvalue weighted by atomic mass is 9.98. The maximum Gasteiger partial charge on any atom is 0.409 e. The lowest BCUT2D eigenvalue weighted by molar-refractivity contribution is -0.186. The summed E-state index contributed by atoms with van der Waals surface area (Å²) in [6.07, 6.45) is 3.64. The van der Waals surface area contributed by atoms with Crippen LogP contribution in [0.3, 0.4) is 0 Å². The van der Waals surface area contributed by atoms with E-state index in [9.17, 15) is 9.59 Å². The molecule has 1 aromatic heterocycles. The number of nitrogens with one attached hydrogen (secondary N) is 1. The average molecular weight is 529 g/mol. The SMILES string of the molecule is O=C(NOC1CCCCO1)c1ccc(N2CCN(C(=O)OCC3c4ccccc4-c4ccccc43)CC2)nc1. The molecule has 2 aliphatic heterocycles. The summed E-state index contributed by atoms with van der Waals surface area (Å²) in [4.78, 5) is 39.0. The normalized spacial score (nSPS) is 18.8. The fourth-order valence-corrected chi connectivity index (χ4v) is 5.49. The largest absolute Gasteiger partial charge is 0.448 e. The van der Waals surface area contributed by atoms with Crippen LogP contribution in [0.25, 0.3) is 11.1 Å². The number of anilines is 1. The first-order valence-electron chi connectivity index (χ1n) is 13.6. The third kappa shape index (κ3) is 5.46. The van der Waals surface area contributed by atoms with Crippen molar-refractivity contribution < 1.29 is 23.9 Å². The summed E-state index contributed by atoms with van der Waals surface area (Å²) in [6.45, 7) is 3.29. The fraction of sp³-hybridized carbons (Fsp3) is 0.367. The molecule has 1 atom stereocenters. The average Bonchev–Trinajstić information content (AvgIpc) is 3.33. The summed E-state index contributed by atoms with van der Waals surface area (Å²) in [7, 11) is 0. The van der Waals surface area contributed by atoms with Crippen molar-refractivity contribution in [1.82, 2.24) is 15.4 Å². The number of hydrogen-bond acceptors (Lipinski definition) is 7. The van der Waals surface area contributed by atoms with E-state index in [1.807, 2.05) is 30.3 Å². The molecule has 1 N–H and O–H groups in total. The van der Waals surface area contributed by atoms with Crippen LogP contribution in [0.15, 0.2) is 66.9 Å². The second-order valence-corrected chi connectivity index (χ2v) is 10.0. The Morgan fingerprint density at radius 3 is 2.28 bits per heavy atom. The molecule has 0 spiro atoms. The van der Waals surface area contributed by atoms with Gasteiger partial charge in [0.25, 0.3) is 5.91 Å². The van der Waals surface area contributed by atoms with Gasteiger partial charge < -0.3 is 19.3 Å². The Labute approximate surface area is 227 Å². The van der Waals surface area contributed by atoms with Gasteiger partial charge in [0.2, 0.25) is 0 Å². The van der Waals surface area contributed by atoms with Gasteiger partial charge in [-0.2, -0.15) is 0 Å². The van der Waals surface area contributed by atoms with Crippen molar-refractivity contribution >= 4 is 17.8 Å². The zero-order valence-electron chi connectivity index (χ0n) is 21.8. The van der Waals surface area contributed by atoms with Gasteiger partial charge in [-0.25, -0.2) is 20.1 Å². The summed E-state index contributed by atoms with van der Waals surface area (Å²) in [6, 6.07) is 20.2. The highest BCUT2D eigenvalue weighted by atomic mass is 16.8. The fourth-order valence-electron chi connectivity index (χ4n) is 5.49. The Kier molecular flexibility index (Phi) is 7.42. The number of amides is 2. The molecule has 1 unspecified atom stereocenters. The van der Waals surface area contributed by atoms with E-state index in [0.717, 1.165) is 25.1 Å². The molecule has 2 saturated heterocycles. The smallest absolute Gasteiger partial charge is 0.409 e. The second-order valence-electron chi connectivity index (χ2n) is 10.0. The van der Waals surface area contributed by atoms with Crippen LogP contribution in [-0.2, 0) is 14.3 Å². The molecule has 39 heavy (non-hydrogen) atoms. The van der Waals surface area contributed by atoms with Crippen LogP contribution >= 0.6 is 0 Å². The van der Waals surface area contributed by atoms with Crippen molar-refractivity contribution in [2.24, 2.45) is 0 Å². The Morgan fingerprint density at radius 2 is 1.64 bits per heavy atom. The third-order valence-corrected chi connectivity index (χ3v) is 7.63. The van der Waals surface area contributed by atoms with Gasteiger partial charge in [-0.15, -0.1) is 0 Å². The van der Waals surface area contributed by atoms with E-state index < -0.39 is 6.29 Å². The first-order valence-corrected chi connectivity index (χ1v) is 13.6. The predicted octanol–water partition coefficient (Wildman–Crippen LogP) is 4.34. The number of pyridine rings is 1. The number of carbonyl (C=O) groups excluding carboxylic acids is 2. The minimum Gasteiger partial charge on any atom is -0.448 e. The van der Waals surface area contributed by atoms with Crippen LogP contribution in [0, 0.1) is 0 Å². The standard InChI is InChI=1S/C30H32N4O5/c35-29(32-39-28-11-5-6-18-37-28)21-12-13-27(31-19-21)33-14-16-34(17-15-33)30(36)38-20-26-24-9-3-1-7-22(24)23-8-2-4-10-25(23)26/h1-4,7-10,12-13,19,26,28H,5-6,11,14-18,20H2,(H,32,35). The van der Waals surface area contributed by atoms with Crippen molar-refractivity contribution in [2.75, 3.05) is 44.3 Å². The molecule has 3 heterocycles. The Balaban J connectivity index is 0.988. The molecule has 9 nitrogen and oxygen atoms in total. The molecule has 3 aromatic rings. The molecule has 0 saturated carbocycles. The molecule has 0 radical (unpaired) electrons. The highest BCUT2D eigenvalue weighted by Crippen LogP contribution is 2.44. The number of nitrogens with zero attached hydrogens (tertiary/aromatic N) is 3. The van der Waals surface area contributed by atoms with Crippen LogP contribution in [0.2, 0.25) is 0 Å². The molecule has 3 aliphatic rings. The molecule has 0 bridgehead atoms. The third-order valence-electron chi connectivity index (χ3n) is 7.63. The molecule has 2 aromatic carbocycles. The van der Waals surface area contributed by atoms with E-state index in [4.69, 9.17) is 14.3 Å². The molecule has 202 valence electrons. The number of hydroxylamine groups is 1. The number of benzene rings is 2. The summed E-state index contributed by atoms with van der Waals surface area (Å²) in [5.41, 5.74) is 7.69. The topological polar surface area (TPSA) is 93.2 Å². The van der Waals surface area contributed by atoms with Crippen LogP contribution in [0.1, 0.15) is 46.7 Å². The number of hydrogen-bond donors (Lipinski definition) is 1. The number of aromatic nitrogens is 1. The molecule has 9 heteroatoms. The number of carbonyl (C=O) groups is 2. The summed E-state index contributed by atoms with van der Waals surface area (Å²) in [5, 5.41) is 0. The van der Waals surface area contributed by atoms with Gasteiger partial charge in [-0.3, -0.25) is 4.79 Å². The Morgan fingerprint density at radius 1 is 0.923 bits per heavy atom. The number of ether oxygens (including phenoxy) is 2. The summed E-state index contributed by atoms with van der Waals surface area (Å²) >= 11 is 0. The van der Waals surface area contributed by atoms with Crippen LogP contribution in [0.5, 0.6) is 0 Å². The highest BCUT2D eigenvalue weighted by Gasteiger charge is 2.30. The van der Waals surface area contributed by atoms with Crippen molar-refractivity contribution in [2.45, 2.75) is 31.5 Å².